The van der Waals surface area contributed by atoms with Gasteiger partial charge >= 0.3 is 0 Å². The zero-order valence-corrected chi connectivity index (χ0v) is 4.95. The van der Waals surface area contributed by atoms with Crippen LogP contribution in [0.3, 0.4) is 0 Å². The molecule has 1 saturated heterocycles. The summed E-state index contributed by atoms with van der Waals surface area (Å²) in [6.07, 6.45) is 0. The molecule has 1 nitrogen and oxygen atoms in total. The summed E-state index contributed by atoms with van der Waals surface area (Å²) in [6.45, 7) is 0. The lowest BCUT2D eigenvalue weighted by molar-refractivity contribution is 0.895. The molecule has 7 heavy (non-hydrogen) atoms. The first-order valence-corrected chi connectivity index (χ1v) is 3.88. The third-order valence-electron chi connectivity index (χ3n) is 2.02. The van der Waals surface area contributed by atoms with E-state index in [1.54, 1.807) is 0 Å². The fourth-order valence-corrected chi connectivity index (χ4v) is 2.90. The Morgan fingerprint density at radius 2 is 1.86 bits per heavy atom. The summed E-state index contributed by atoms with van der Waals surface area (Å²) in [4.78, 5) is 0. The highest BCUT2D eigenvalue weighted by Gasteiger charge is 2.50. The van der Waals surface area contributed by atoms with E-state index in [-0.39, 0.29) is 0 Å². The molecule has 3 atom stereocenters. The predicted molar refractivity (Wildman–Crippen MR) is 32.3 cm³/mol. The largest absolute Gasteiger partial charge is 0.327 e. The maximum absolute atomic E-state index is 5.66. The van der Waals surface area contributed by atoms with Crippen LogP contribution in [0.2, 0.25) is 0 Å². The second-order valence-corrected chi connectivity index (χ2v) is 3.52. The SMILES string of the molecule is NC1[C@H]2CSC[C@@H]12. The van der Waals surface area contributed by atoms with E-state index >= 15 is 0 Å². The van der Waals surface area contributed by atoms with Crippen molar-refractivity contribution >= 4 is 11.8 Å². The number of fused-ring (bicyclic) bond motifs is 1. The molecule has 0 bridgehead atoms. The summed E-state index contributed by atoms with van der Waals surface area (Å²) in [7, 11) is 0. The molecule has 0 aromatic carbocycles. The molecule has 1 aliphatic heterocycles. The Morgan fingerprint density at radius 1 is 1.29 bits per heavy atom. The molecular formula is C5H9NS. The van der Waals surface area contributed by atoms with E-state index in [9.17, 15) is 0 Å². The molecule has 1 aliphatic carbocycles. The first kappa shape index (κ1) is 4.21. The van der Waals surface area contributed by atoms with E-state index in [2.05, 4.69) is 11.8 Å². The molecule has 1 unspecified atom stereocenters. The molecule has 2 rings (SSSR count). The van der Waals surface area contributed by atoms with Crippen LogP contribution in [0.1, 0.15) is 0 Å². The molecule has 2 fully saturated rings. The van der Waals surface area contributed by atoms with Gasteiger partial charge < -0.3 is 5.73 Å². The topological polar surface area (TPSA) is 26.0 Å². The Morgan fingerprint density at radius 3 is 2.14 bits per heavy atom. The minimum absolute atomic E-state index is 0.598. The molecule has 40 valence electrons. The maximum Gasteiger partial charge on any atom is 0.0118 e. The lowest BCUT2D eigenvalue weighted by atomic mass is 10.4. The summed E-state index contributed by atoms with van der Waals surface area (Å²) < 4.78 is 0. The smallest absolute Gasteiger partial charge is 0.0118 e. The van der Waals surface area contributed by atoms with Crippen LogP contribution in [0.5, 0.6) is 0 Å². The van der Waals surface area contributed by atoms with Crippen LogP contribution < -0.4 is 5.73 Å². The van der Waals surface area contributed by atoms with Crippen molar-refractivity contribution in [2.45, 2.75) is 6.04 Å². The van der Waals surface area contributed by atoms with Crippen LogP contribution in [0.15, 0.2) is 0 Å². The summed E-state index contributed by atoms with van der Waals surface area (Å²) >= 11 is 2.06. The van der Waals surface area contributed by atoms with Crippen LogP contribution in [0.4, 0.5) is 0 Å². The molecule has 2 heteroatoms. The van der Waals surface area contributed by atoms with Gasteiger partial charge in [-0.3, -0.25) is 0 Å². The van der Waals surface area contributed by atoms with Gasteiger partial charge in [0.25, 0.3) is 0 Å². The van der Waals surface area contributed by atoms with Crippen molar-refractivity contribution in [1.82, 2.24) is 0 Å². The van der Waals surface area contributed by atoms with Crippen molar-refractivity contribution in [3.63, 3.8) is 0 Å². The van der Waals surface area contributed by atoms with Crippen molar-refractivity contribution < 1.29 is 0 Å². The zero-order chi connectivity index (χ0) is 4.85. The third kappa shape index (κ3) is 0.441. The van der Waals surface area contributed by atoms with E-state index < -0.39 is 0 Å². The monoisotopic (exact) mass is 115 g/mol. The van der Waals surface area contributed by atoms with Crippen LogP contribution in [-0.2, 0) is 0 Å². The van der Waals surface area contributed by atoms with E-state index in [4.69, 9.17) is 5.73 Å². The van der Waals surface area contributed by atoms with Gasteiger partial charge in [0.2, 0.25) is 0 Å². The molecule has 0 amide bonds. The quantitative estimate of drug-likeness (QED) is 0.491. The Bertz CT molecular complexity index is 84.1. The van der Waals surface area contributed by atoms with E-state index in [1.807, 2.05) is 0 Å². The maximum atomic E-state index is 5.66. The highest BCUT2D eigenvalue weighted by Crippen LogP contribution is 2.47. The van der Waals surface area contributed by atoms with Crippen LogP contribution in [0, 0.1) is 11.8 Å². The molecule has 0 spiro atoms. The van der Waals surface area contributed by atoms with Crippen molar-refractivity contribution in [2.24, 2.45) is 17.6 Å². The van der Waals surface area contributed by atoms with Crippen LogP contribution in [0.25, 0.3) is 0 Å². The van der Waals surface area contributed by atoms with Gasteiger partial charge in [0.15, 0.2) is 0 Å². The van der Waals surface area contributed by atoms with E-state index in [0.717, 1.165) is 11.8 Å². The van der Waals surface area contributed by atoms with E-state index in [0.29, 0.717) is 6.04 Å². The molecule has 1 heterocycles. The third-order valence-corrected chi connectivity index (χ3v) is 3.26. The Kier molecular flexibility index (Phi) is 0.707. The second-order valence-electron chi connectivity index (χ2n) is 2.44. The van der Waals surface area contributed by atoms with Gasteiger partial charge in [-0.05, 0) is 23.3 Å². The minimum atomic E-state index is 0.598. The van der Waals surface area contributed by atoms with Gasteiger partial charge in [-0.1, -0.05) is 0 Å². The summed E-state index contributed by atoms with van der Waals surface area (Å²) in [5.41, 5.74) is 5.66. The highest BCUT2D eigenvalue weighted by atomic mass is 32.2. The Labute approximate surface area is 47.7 Å². The van der Waals surface area contributed by atoms with Crippen molar-refractivity contribution in [3.05, 3.63) is 0 Å². The number of nitrogens with two attached hydrogens (primary N) is 1. The lowest BCUT2D eigenvalue weighted by Gasteiger charge is -1.90. The number of hydrogen-bond acceptors (Lipinski definition) is 2. The predicted octanol–water partition coefficient (Wildman–Crippen LogP) is 0.306. The van der Waals surface area contributed by atoms with Gasteiger partial charge in [0.05, 0.1) is 0 Å². The minimum Gasteiger partial charge on any atom is -0.327 e. The molecule has 1 saturated carbocycles. The summed E-state index contributed by atoms with van der Waals surface area (Å²) in [5, 5.41) is 0. The molecular weight excluding hydrogens is 106 g/mol. The molecule has 2 N–H and O–H groups in total. The lowest BCUT2D eigenvalue weighted by Crippen LogP contribution is -2.07. The first-order valence-electron chi connectivity index (χ1n) is 2.73. The van der Waals surface area contributed by atoms with Crippen LogP contribution >= 0.6 is 11.8 Å². The standard InChI is InChI=1S/C5H9NS/c6-5-3-1-7-2-4(3)5/h3-5H,1-2,6H2/t3-,4+,5?. The first-order chi connectivity index (χ1) is 3.39. The van der Waals surface area contributed by atoms with E-state index in [1.165, 1.54) is 11.5 Å². The van der Waals surface area contributed by atoms with Gasteiger partial charge in [-0.15, -0.1) is 0 Å². The molecule has 0 aromatic heterocycles. The second kappa shape index (κ2) is 1.17. The number of thioether (sulfide) groups is 1. The fraction of sp³-hybridized carbons (Fsp3) is 1.00. The fourth-order valence-electron chi connectivity index (χ4n) is 1.28. The average molecular weight is 115 g/mol. The summed E-state index contributed by atoms with van der Waals surface area (Å²) in [6, 6.07) is 0.598. The molecule has 2 aliphatic rings. The summed E-state index contributed by atoms with van der Waals surface area (Å²) in [5.74, 6) is 4.52. The van der Waals surface area contributed by atoms with Crippen LogP contribution in [-0.4, -0.2) is 17.5 Å². The molecule has 0 aromatic rings. The van der Waals surface area contributed by atoms with Crippen molar-refractivity contribution in [1.29, 1.82) is 0 Å². The highest BCUT2D eigenvalue weighted by molar-refractivity contribution is 7.99. The zero-order valence-electron chi connectivity index (χ0n) is 4.13. The van der Waals surface area contributed by atoms with Gasteiger partial charge in [-0.25, -0.2) is 0 Å². The Hall–Kier alpha value is 0.310. The average Bonchev–Trinajstić information content (AvgIpc) is 2.26. The van der Waals surface area contributed by atoms with Gasteiger partial charge in [-0.2, -0.15) is 11.8 Å². The Balaban J connectivity index is 2.06. The van der Waals surface area contributed by atoms with Crippen molar-refractivity contribution in [3.8, 4) is 0 Å². The normalized spacial score (nSPS) is 57.0. The van der Waals surface area contributed by atoms with Gasteiger partial charge in [0, 0.05) is 6.04 Å². The van der Waals surface area contributed by atoms with Crippen molar-refractivity contribution in [2.75, 3.05) is 11.5 Å². The number of hydrogen-bond donors (Lipinski definition) is 1. The van der Waals surface area contributed by atoms with Gasteiger partial charge in [0.1, 0.15) is 0 Å². The molecule has 0 radical (unpaired) electrons. The number of rotatable bonds is 0.